The third kappa shape index (κ3) is 1.73. The first-order chi connectivity index (χ1) is 8.33. The molecule has 0 atom stereocenters. The molecule has 0 aliphatic carbocycles. The quantitative estimate of drug-likeness (QED) is 0.700. The average Bonchev–Trinajstić information content (AvgIpc) is 3.02. The number of furan rings is 1. The predicted octanol–water partition coefficient (Wildman–Crippen LogP) is 0.899. The van der Waals surface area contributed by atoms with Crippen molar-refractivity contribution in [2.24, 2.45) is 0 Å². The van der Waals surface area contributed by atoms with Crippen LogP contribution in [0.3, 0.4) is 0 Å². The Balaban J connectivity index is 2.13. The summed E-state index contributed by atoms with van der Waals surface area (Å²) in [6.45, 7) is 0. The number of anilines is 1. The lowest BCUT2D eigenvalue weighted by Crippen LogP contribution is -2.06. The molecule has 0 spiro atoms. The van der Waals surface area contributed by atoms with Crippen LogP contribution in [-0.4, -0.2) is 24.5 Å². The second-order valence-corrected chi connectivity index (χ2v) is 3.30. The van der Waals surface area contributed by atoms with Crippen LogP contribution < -0.4 is 5.73 Å². The first-order valence-corrected chi connectivity index (χ1v) is 4.85. The van der Waals surface area contributed by atoms with E-state index >= 15 is 0 Å². The van der Waals surface area contributed by atoms with Crippen molar-refractivity contribution in [1.82, 2.24) is 24.5 Å². The maximum absolute atomic E-state index is 5.65. The van der Waals surface area contributed by atoms with Crippen molar-refractivity contribution in [3.05, 3.63) is 37.3 Å². The Labute approximate surface area is 96.0 Å². The molecule has 0 aromatic carbocycles. The van der Waals surface area contributed by atoms with Crippen LogP contribution in [0.4, 0.5) is 5.95 Å². The number of hydrogen-bond acceptors (Lipinski definition) is 6. The summed E-state index contributed by atoms with van der Waals surface area (Å²) in [4.78, 5) is 16.3. The van der Waals surface area contributed by atoms with Gasteiger partial charge < -0.3 is 10.2 Å². The molecule has 3 heterocycles. The van der Waals surface area contributed by atoms with Crippen LogP contribution in [0.25, 0.3) is 17.3 Å². The number of rotatable bonds is 2. The minimum Gasteiger partial charge on any atom is -0.472 e. The van der Waals surface area contributed by atoms with Crippen LogP contribution in [0, 0.1) is 0 Å². The number of nitrogens with zero attached hydrogens (tertiary/aromatic N) is 5. The van der Waals surface area contributed by atoms with E-state index < -0.39 is 0 Å². The minimum absolute atomic E-state index is 0.153. The highest BCUT2D eigenvalue weighted by molar-refractivity contribution is 5.54. The Morgan fingerprint density at radius 3 is 2.88 bits per heavy atom. The Morgan fingerprint density at radius 1 is 1.24 bits per heavy atom. The van der Waals surface area contributed by atoms with E-state index in [-0.39, 0.29) is 5.95 Å². The molecule has 7 heteroatoms. The lowest BCUT2D eigenvalue weighted by Gasteiger charge is -2.03. The monoisotopic (exact) mass is 228 g/mol. The van der Waals surface area contributed by atoms with Gasteiger partial charge in [-0.2, -0.15) is 15.0 Å². The number of nitrogen functional groups attached to an aromatic ring is 1. The molecule has 0 bridgehead atoms. The van der Waals surface area contributed by atoms with Gasteiger partial charge in [-0.15, -0.1) is 0 Å². The highest BCUT2D eigenvalue weighted by Crippen LogP contribution is 2.16. The summed E-state index contributed by atoms with van der Waals surface area (Å²) in [5.74, 6) is 1.04. The van der Waals surface area contributed by atoms with Gasteiger partial charge in [-0.3, -0.25) is 4.57 Å². The highest BCUT2D eigenvalue weighted by Gasteiger charge is 2.08. The Morgan fingerprint density at radius 2 is 2.18 bits per heavy atom. The van der Waals surface area contributed by atoms with Gasteiger partial charge in [-0.05, 0) is 6.07 Å². The van der Waals surface area contributed by atoms with E-state index in [0.717, 1.165) is 5.56 Å². The molecule has 0 amide bonds. The van der Waals surface area contributed by atoms with Crippen LogP contribution in [0.5, 0.6) is 0 Å². The van der Waals surface area contributed by atoms with Crippen LogP contribution in [0.2, 0.25) is 0 Å². The van der Waals surface area contributed by atoms with Gasteiger partial charge >= 0.3 is 0 Å². The summed E-state index contributed by atoms with van der Waals surface area (Å²) < 4.78 is 6.63. The van der Waals surface area contributed by atoms with Gasteiger partial charge in [0.15, 0.2) is 5.82 Å². The third-order valence-corrected chi connectivity index (χ3v) is 2.16. The fourth-order valence-corrected chi connectivity index (χ4v) is 1.39. The van der Waals surface area contributed by atoms with Gasteiger partial charge in [0.1, 0.15) is 12.6 Å². The first kappa shape index (κ1) is 9.52. The second-order valence-electron chi connectivity index (χ2n) is 3.30. The number of aromatic nitrogens is 5. The zero-order chi connectivity index (χ0) is 11.7. The Hall–Kier alpha value is -2.70. The summed E-state index contributed by atoms with van der Waals surface area (Å²) in [5.41, 5.74) is 6.40. The van der Waals surface area contributed by atoms with Gasteiger partial charge in [-0.1, -0.05) is 0 Å². The summed E-state index contributed by atoms with van der Waals surface area (Å²) in [7, 11) is 0. The van der Waals surface area contributed by atoms with Crippen molar-refractivity contribution < 1.29 is 4.42 Å². The van der Waals surface area contributed by atoms with Crippen LogP contribution in [0.1, 0.15) is 0 Å². The molecule has 0 unspecified atom stereocenters. The lowest BCUT2D eigenvalue weighted by atomic mass is 10.3. The minimum atomic E-state index is 0.153. The van der Waals surface area contributed by atoms with Gasteiger partial charge in [0.2, 0.25) is 11.9 Å². The molecule has 0 aliphatic heterocycles. The van der Waals surface area contributed by atoms with E-state index in [1.807, 2.05) is 0 Å². The van der Waals surface area contributed by atoms with Crippen molar-refractivity contribution in [2.75, 3.05) is 5.73 Å². The number of imidazole rings is 1. The van der Waals surface area contributed by atoms with Crippen LogP contribution >= 0.6 is 0 Å². The second kappa shape index (κ2) is 3.71. The zero-order valence-electron chi connectivity index (χ0n) is 8.69. The zero-order valence-corrected chi connectivity index (χ0v) is 8.69. The van der Waals surface area contributed by atoms with Gasteiger partial charge in [0.05, 0.1) is 11.8 Å². The van der Waals surface area contributed by atoms with Crippen LogP contribution in [-0.2, 0) is 0 Å². The number of nitrogens with two attached hydrogens (primary N) is 1. The van der Waals surface area contributed by atoms with Crippen molar-refractivity contribution in [1.29, 1.82) is 0 Å². The fourth-order valence-electron chi connectivity index (χ4n) is 1.39. The molecule has 0 radical (unpaired) electrons. The normalized spacial score (nSPS) is 10.6. The van der Waals surface area contributed by atoms with E-state index in [0.29, 0.717) is 11.8 Å². The van der Waals surface area contributed by atoms with E-state index in [9.17, 15) is 0 Å². The van der Waals surface area contributed by atoms with Crippen molar-refractivity contribution >= 4 is 5.95 Å². The molecule has 3 aromatic heterocycles. The van der Waals surface area contributed by atoms with E-state index in [4.69, 9.17) is 10.2 Å². The number of hydrogen-bond donors (Lipinski definition) is 1. The molecule has 0 fully saturated rings. The maximum Gasteiger partial charge on any atom is 0.240 e. The Kier molecular flexibility index (Phi) is 2.08. The molecule has 3 aromatic rings. The SMILES string of the molecule is Nc1nc(-c2ccoc2)nc(-n2ccnc2)n1. The largest absolute Gasteiger partial charge is 0.472 e. The molecular formula is C10H8N6O. The van der Waals surface area contributed by atoms with Gasteiger partial charge in [0, 0.05) is 12.4 Å². The molecule has 7 nitrogen and oxygen atoms in total. The standard InChI is InChI=1S/C10H8N6O/c11-9-13-8(7-1-4-17-5-7)14-10(15-9)16-3-2-12-6-16/h1-6H,(H2,11,13,14,15). The van der Waals surface area contributed by atoms with Crippen LogP contribution in [0.15, 0.2) is 41.7 Å². The average molecular weight is 228 g/mol. The van der Waals surface area contributed by atoms with Gasteiger partial charge in [-0.25, -0.2) is 4.98 Å². The molecule has 3 rings (SSSR count). The summed E-state index contributed by atoms with van der Waals surface area (Å²) in [5, 5.41) is 0. The molecule has 17 heavy (non-hydrogen) atoms. The topological polar surface area (TPSA) is 95.7 Å². The summed E-state index contributed by atoms with van der Waals surface area (Å²) in [6.07, 6.45) is 8.05. The summed E-state index contributed by atoms with van der Waals surface area (Å²) >= 11 is 0. The molecule has 84 valence electrons. The maximum atomic E-state index is 5.65. The molecule has 0 aliphatic rings. The smallest absolute Gasteiger partial charge is 0.240 e. The molecule has 0 saturated carbocycles. The molecule has 0 saturated heterocycles. The Bertz CT molecular complexity index is 564. The predicted molar refractivity (Wildman–Crippen MR) is 59.1 cm³/mol. The fraction of sp³-hybridized carbons (Fsp3) is 0. The molecule has 2 N–H and O–H groups in total. The van der Waals surface area contributed by atoms with Crippen molar-refractivity contribution in [2.45, 2.75) is 0 Å². The third-order valence-electron chi connectivity index (χ3n) is 2.16. The van der Waals surface area contributed by atoms with E-state index in [1.54, 1.807) is 41.9 Å². The summed E-state index contributed by atoms with van der Waals surface area (Å²) in [6, 6.07) is 1.76. The van der Waals surface area contributed by atoms with Crippen molar-refractivity contribution in [3.63, 3.8) is 0 Å². The van der Waals surface area contributed by atoms with E-state index in [1.165, 1.54) is 0 Å². The van der Waals surface area contributed by atoms with Crippen molar-refractivity contribution in [3.8, 4) is 17.3 Å². The lowest BCUT2D eigenvalue weighted by molar-refractivity contribution is 0.568. The first-order valence-electron chi connectivity index (χ1n) is 4.85. The molecular weight excluding hydrogens is 220 g/mol. The highest BCUT2D eigenvalue weighted by atomic mass is 16.3. The van der Waals surface area contributed by atoms with Gasteiger partial charge in [0.25, 0.3) is 0 Å². The van der Waals surface area contributed by atoms with E-state index in [2.05, 4.69) is 19.9 Å².